The zero-order valence-corrected chi connectivity index (χ0v) is 17.5. The van der Waals surface area contributed by atoms with Crippen LogP contribution in [0.25, 0.3) is 0 Å². The lowest BCUT2D eigenvalue weighted by Crippen LogP contribution is -2.64. The number of alkyl halides is 3. The van der Waals surface area contributed by atoms with Gasteiger partial charge in [-0.2, -0.15) is 18.3 Å². The summed E-state index contributed by atoms with van der Waals surface area (Å²) in [6.45, 7) is 4.30. The van der Waals surface area contributed by atoms with E-state index in [4.69, 9.17) is 19.1 Å². The minimum Gasteiger partial charge on any atom is -0.475 e. The highest BCUT2D eigenvalue weighted by Gasteiger charge is 2.52. The first-order valence-electron chi connectivity index (χ1n) is 10.0. The van der Waals surface area contributed by atoms with Gasteiger partial charge in [-0.3, -0.25) is 14.4 Å². The van der Waals surface area contributed by atoms with E-state index in [0.717, 1.165) is 39.1 Å². The monoisotopic (exact) mass is 458 g/mol. The average molecular weight is 458 g/mol. The van der Waals surface area contributed by atoms with E-state index < -0.39 is 12.1 Å². The lowest BCUT2D eigenvalue weighted by Gasteiger charge is -2.50. The number of carbonyl (C=O) groups excluding carboxylic acids is 1. The number of aryl methyl sites for hydroxylation is 1. The lowest BCUT2D eigenvalue weighted by molar-refractivity contribution is -0.192. The van der Waals surface area contributed by atoms with E-state index in [9.17, 15) is 18.0 Å². The van der Waals surface area contributed by atoms with Crippen molar-refractivity contribution in [2.45, 2.75) is 31.2 Å². The number of ether oxygens (including phenoxy) is 1. The van der Waals surface area contributed by atoms with E-state index in [-0.39, 0.29) is 11.5 Å². The van der Waals surface area contributed by atoms with E-state index in [1.54, 1.807) is 12.1 Å². The summed E-state index contributed by atoms with van der Waals surface area (Å²) in [4.78, 5) is 23.2. The molecule has 4 heterocycles. The number of rotatable bonds is 6. The van der Waals surface area contributed by atoms with Crippen LogP contribution in [0.2, 0.25) is 0 Å². The maximum atomic E-state index is 11.9. The second kappa shape index (κ2) is 9.74. The van der Waals surface area contributed by atoms with Crippen LogP contribution in [0.4, 0.5) is 13.2 Å². The Balaban J connectivity index is 0.000000360. The molecule has 0 saturated carbocycles. The summed E-state index contributed by atoms with van der Waals surface area (Å²) in [5.74, 6) is -2.05. The maximum absolute atomic E-state index is 11.9. The Hall–Kier alpha value is -2.86. The summed E-state index contributed by atoms with van der Waals surface area (Å²) in [7, 11) is 1.94. The number of hydrogen-bond donors (Lipinski definition) is 2. The highest BCUT2D eigenvalue weighted by Crippen LogP contribution is 2.42. The Labute approximate surface area is 182 Å². The van der Waals surface area contributed by atoms with Crippen LogP contribution in [0.5, 0.6) is 0 Å². The van der Waals surface area contributed by atoms with Crippen LogP contribution in [0.15, 0.2) is 35.2 Å². The van der Waals surface area contributed by atoms with Gasteiger partial charge in [-0.05, 0) is 30.9 Å². The van der Waals surface area contributed by atoms with Crippen molar-refractivity contribution in [3.8, 4) is 0 Å². The molecule has 2 aromatic rings. The highest BCUT2D eigenvalue weighted by molar-refractivity contribution is 5.91. The molecular weight excluding hydrogens is 433 g/mol. The predicted molar refractivity (Wildman–Crippen MR) is 105 cm³/mol. The molecule has 2 aliphatic rings. The van der Waals surface area contributed by atoms with Gasteiger partial charge in [-0.15, -0.1) is 0 Å². The molecule has 2 N–H and O–H groups in total. The molecule has 0 radical (unpaired) electrons. The summed E-state index contributed by atoms with van der Waals surface area (Å²) in [6.07, 6.45) is 2.41. The fraction of sp³-hybridized carbons (Fsp3) is 0.550. The standard InChI is InChI=1S/C18H24N4O3.C2HF3O2/c1-21-10-14(9-20-21)11-22-12-18(13-22)15(5-8-25-18)4-6-19-17(23)16-3-2-7-24-16;3-2(4,5)1(6)7/h2-3,7,9-10,15H,4-6,8,11-13H2,1H3,(H,19,23);(H,6,7). The van der Waals surface area contributed by atoms with E-state index >= 15 is 0 Å². The zero-order chi connectivity index (χ0) is 23.4. The third-order valence-corrected chi connectivity index (χ3v) is 5.51. The number of carbonyl (C=O) groups is 2. The predicted octanol–water partition coefficient (Wildman–Crippen LogP) is 2.06. The quantitative estimate of drug-likeness (QED) is 0.682. The van der Waals surface area contributed by atoms with Gasteiger partial charge in [0.15, 0.2) is 5.76 Å². The lowest BCUT2D eigenvalue weighted by atomic mass is 9.79. The zero-order valence-electron chi connectivity index (χ0n) is 17.5. The number of amides is 1. The van der Waals surface area contributed by atoms with Crippen molar-refractivity contribution in [3.05, 3.63) is 42.1 Å². The van der Waals surface area contributed by atoms with Crippen molar-refractivity contribution >= 4 is 11.9 Å². The van der Waals surface area contributed by atoms with Gasteiger partial charge in [0, 0.05) is 51.6 Å². The molecular formula is C20H25F3N4O5. The molecule has 1 unspecified atom stereocenters. The number of carboxylic acids is 1. The molecule has 1 atom stereocenters. The van der Waals surface area contributed by atoms with Gasteiger partial charge in [0.25, 0.3) is 5.91 Å². The van der Waals surface area contributed by atoms with Gasteiger partial charge in [0.1, 0.15) is 0 Å². The van der Waals surface area contributed by atoms with Crippen molar-refractivity contribution in [1.82, 2.24) is 20.0 Å². The molecule has 9 nitrogen and oxygen atoms in total. The Morgan fingerprint density at radius 2 is 2.09 bits per heavy atom. The Kier molecular flexibility index (Phi) is 7.24. The van der Waals surface area contributed by atoms with Crippen LogP contribution < -0.4 is 5.32 Å². The van der Waals surface area contributed by atoms with Crippen molar-refractivity contribution in [1.29, 1.82) is 0 Å². The average Bonchev–Trinajstić information content (AvgIpc) is 3.43. The molecule has 2 fully saturated rings. The topological polar surface area (TPSA) is 110 Å². The van der Waals surface area contributed by atoms with Crippen molar-refractivity contribution in [2.24, 2.45) is 13.0 Å². The maximum Gasteiger partial charge on any atom is 0.490 e. The summed E-state index contributed by atoms with van der Waals surface area (Å²) < 4.78 is 44.8. The number of likely N-dealkylation sites (tertiary alicyclic amines) is 1. The van der Waals surface area contributed by atoms with Crippen molar-refractivity contribution in [3.63, 3.8) is 0 Å². The van der Waals surface area contributed by atoms with Gasteiger partial charge < -0.3 is 19.6 Å². The van der Waals surface area contributed by atoms with Crippen LogP contribution in [-0.4, -0.2) is 69.7 Å². The van der Waals surface area contributed by atoms with E-state index in [0.29, 0.717) is 18.2 Å². The van der Waals surface area contributed by atoms with Crippen LogP contribution in [0.3, 0.4) is 0 Å². The van der Waals surface area contributed by atoms with Crippen molar-refractivity contribution in [2.75, 3.05) is 26.2 Å². The summed E-state index contributed by atoms with van der Waals surface area (Å²) in [5, 5.41) is 14.3. The molecule has 176 valence electrons. The number of aromatic nitrogens is 2. The van der Waals surface area contributed by atoms with Gasteiger partial charge in [-0.25, -0.2) is 4.79 Å². The molecule has 32 heavy (non-hydrogen) atoms. The van der Waals surface area contributed by atoms with Gasteiger partial charge >= 0.3 is 12.1 Å². The minimum absolute atomic E-state index is 0.0301. The smallest absolute Gasteiger partial charge is 0.475 e. The molecule has 1 spiro atoms. The molecule has 4 rings (SSSR count). The highest BCUT2D eigenvalue weighted by atomic mass is 19.4. The van der Waals surface area contributed by atoms with Gasteiger partial charge in [0.05, 0.1) is 18.1 Å². The van der Waals surface area contributed by atoms with Crippen LogP contribution in [0, 0.1) is 5.92 Å². The third kappa shape index (κ3) is 5.88. The van der Waals surface area contributed by atoms with E-state index in [1.807, 2.05) is 17.9 Å². The molecule has 0 aromatic carbocycles. The van der Waals surface area contributed by atoms with E-state index in [1.165, 1.54) is 11.8 Å². The number of hydrogen-bond acceptors (Lipinski definition) is 6. The first kappa shape index (κ1) is 23.8. The Bertz CT molecular complexity index is 907. The normalized spacial score (nSPS) is 19.8. The fourth-order valence-electron chi connectivity index (χ4n) is 4.03. The number of furan rings is 1. The number of carboxylic acid groups (broad SMARTS) is 1. The van der Waals surface area contributed by atoms with Gasteiger partial charge in [0.2, 0.25) is 0 Å². The Morgan fingerprint density at radius 3 is 2.66 bits per heavy atom. The number of halogens is 3. The summed E-state index contributed by atoms with van der Waals surface area (Å²) in [5.41, 5.74) is 1.20. The van der Waals surface area contributed by atoms with Gasteiger partial charge in [-0.1, -0.05) is 0 Å². The number of nitrogens with one attached hydrogen (secondary N) is 1. The number of nitrogens with zero attached hydrogens (tertiary/aromatic N) is 3. The summed E-state index contributed by atoms with van der Waals surface area (Å²) in [6, 6.07) is 3.40. The molecule has 12 heteroatoms. The molecule has 2 aromatic heterocycles. The molecule has 2 aliphatic heterocycles. The summed E-state index contributed by atoms with van der Waals surface area (Å²) >= 11 is 0. The minimum atomic E-state index is -5.08. The second-order valence-corrected chi connectivity index (χ2v) is 7.89. The Morgan fingerprint density at radius 1 is 1.38 bits per heavy atom. The molecule has 0 aliphatic carbocycles. The third-order valence-electron chi connectivity index (χ3n) is 5.51. The van der Waals surface area contributed by atoms with Crippen LogP contribution in [-0.2, 0) is 23.1 Å². The molecule has 2 saturated heterocycles. The second-order valence-electron chi connectivity index (χ2n) is 7.89. The van der Waals surface area contributed by atoms with E-state index in [2.05, 4.69) is 21.5 Å². The SMILES string of the molecule is Cn1cc(CN2CC3(C2)OCCC3CCNC(=O)c2ccco2)cn1.O=C(O)C(F)(F)F. The number of aliphatic carboxylic acids is 1. The first-order valence-corrected chi connectivity index (χ1v) is 10.0. The first-order chi connectivity index (χ1) is 15.1. The molecule has 1 amide bonds. The van der Waals surface area contributed by atoms with Crippen LogP contribution >= 0.6 is 0 Å². The van der Waals surface area contributed by atoms with Crippen LogP contribution in [0.1, 0.15) is 29.0 Å². The molecule has 0 bridgehead atoms. The fourth-order valence-corrected chi connectivity index (χ4v) is 4.03. The van der Waals surface area contributed by atoms with Crippen molar-refractivity contribution < 1.29 is 37.0 Å². The largest absolute Gasteiger partial charge is 0.490 e.